The smallest absolute Gasteiger partial charge is 0.342 e. The molecule has 0 saturated heterocycles. The summed E-state index contributed by atoms with van der Waals surface area (Å²) in [5, 5.41) is 3.33. The van der Waals surface area contributed by atoms with Gasteiger partial charge in [0.05, 0.1) is 5.56 Å². The van der Waals surface area contributed by atoms with E-state index >= 15 is 0 Å². The van der Waals surface area contributed by atoms with E-state index in [0.29, 0.717) is 17.3 Å². The van der Waals surface area contributed by atoms with Gasteiger partial charge < -0.3 is 10.2 Å². The Morgan fingerprint density at radius 3 is 2.37 bits per heavy atom. The number of anilines is 1. The lowest BCUT2D eigenvalue weighted by molar-refractivity contribution is -0.137. The van der Waals surface area contributed by atoms with Gasteiger partial charge in [-0.3, -0.25) is 0 Å². The van der Waals surface area contributed by atoms with Crippen LogP contribution in [0, 0.1) is 5.82 Å². The number of alkyl halides is 3. The van der Waals surface area contributed by atoms with Crippen molar-refractivity contribution in [1.82, 2.24) is 4.90 Å². The Morgan fingerprint density at radius 1 is 1.07 bits per heavy atom. The summed E-state index contributed by atoms with van der Waals surface area (Å²) >= 11 is 5.52. The van der Waals surface area contributed by atoms with Crippen molar-refractivity contribution in [3.8, 4) is 0 Å². The van der Waals surface area contributed by atoms with Crippen molar-refractivity contribution < 1.29 is 17.6 Å². The third-order valence-corrected chi connectivity index (χ3v) is 5.07. The fraction of sp³-hybridized carbons (Fsp3) is 0.350. The predicted octanol–water partition coefficient (Wildman–Crippen LogP) is 5.99. The van der Waals surface area contributed by atoms with E-state index in [-0.39, 0.29) is 11.9 Å². The van der Waals surface area contributed by atoms with Crippen LogP contribution in [-0.4, -0.2) is 16.1 Å². The highest BCUT2D eigenvalue weighted by atomic mass is 32.1. The van der Waals surface area contributed by atoms with Gasteiger partial charge in [0.15, 0.2) is 5.11 Å². The lowest BCUT2D eigenvalue weighted by Gasteiger charge is -2.32. The summed E-state index contributed by atoms with van der Waals surface area (Å²) in [5.74, 6) is -0.309. The molecule has 7 heteroatoms. The van der Waals surface area contributed by atoms with E-state index < -0.39 is 11.7 Å². The van der Waals surface area contributed by atoms with E-state index in [0.717, 1.165) is 43.4 Å². The highest BCUT2D eigenvalue weighted by molar-refractivity contribution is 7.80. The lowest BCUT2D eigenvalue weighted by atomic mass is 10.1. The molecule has 1 fully saturated rings. The summed E-state index contributed by atoms with van der Waals surface area (Å²) in [6.07, 6.45) is -0.261. The van der Waals surface area contributed by atoms with Gasteiger partial charge in [-0.1, -0.05) is 31.0 Å². The van der Waals surface area contributed by atoms with Gasteiger partial charge in [0.2, 0.25) is 0 Å². The Morgan fingerprint density at radius 2 is 1.74 bits per heavy atom. The van der Waals surface area contributed by atoms with Crippen LogP contribution >= 0.6 is 12.2 Å². The zero-order valence-corrected chi connectivity index (χ0v) is 15.4. The van der Waals surface area contributed by atoms with Crippen molar-refractivity contribution in [1.29, 1.82) is 0 Å². The molecule has 2 aromatic carbocycles. The van der Waals surface area contributed by atoms with Crippen LogP contribution in [0.3, 0.4) is 0 Å². The third-order valence-electron chi connectivity index (χ3n) is 4.73. The summed E-state index contributed by atoms with van der Waals surface area (Å²) in [4.78, 5) is 2.00. The number of thiocarbonyl (C=S) groups is 1. The van der Waals surface area contributed by atoms with Crippen LogP contribution in [0.1, 0.15) is 36.8 Å². The van der Waals surface area contributed by atoms with Crippen LogP contribution in [0.5, 0.6) is 0 Å². The Kier molecular flexibility index (Phi) is 5.99. The zero-order valence-electron chi connectivity index (χ0n) is 14.6. The molecule has 2 nitrogen and oxygen atoms in total. The first-order valence-corrected chi connectivity index (χ1v) is 9.23. The van der Waals surface area contributed by atoms with Gasteiger partial charge in [-0.2, -0.15) is 13.2 Å². The maximum atomic E-state index is 13.2. The maximum absolute atomic E-state index is 13.2. The second-order valence-corrected chi connectivity index (χ2v) is 7.09. The van der Waals surface area contributed by atoms with Crippen LogP contribution in [0.15, 0.2) is 48.5 Å². The maximum Gasteiger partial charge on any atom is 0.416 e. The SMILES string of the molecule is Fc1ccc(CN(C(=S)Nc2cccc(C(F)(F)F)c2)C2CCCC2)cc1. The van der Waals surface area contributed by atoms with E-state index in [1.54, 1.807) is 18.2 Å². The summed E-state index contributed by atoms with van der Waals surface area (Å²) in [7, 11) is 0. The minimum absolute atomic E-state index is 0.223. The largest absolute Gasteiger partial charge is 0.416 e. The average Bonchev–Trinajstić information content (AvgIpc) is 3.15. The van der Waals surface area contributed by atoms with Gasteiger partial charge in [-0.15, -0.1) is 0 Å². The van der Waals surface area contributed by atoms with Crippen LogP contribution in [0.25, 0.3) is 0 Å². The van der Waals surface area contributed by atoms with Gasteiger partial charge in [-0.05, 0) is 61.0 Å². The molecular formula is C20H20F4N2S. The topological polar surface area (TPSA) is 15.3 Å². The molecule has 144 valence electrons. The molecule has 27 heavy (non-hydrogen) atoms. The van der Waals surface area contributed by atoms with E-state index in [4.69, 9.17) is 12.2 Å². The zero-order chi connectivity index (χ0) is 19.4. The highest BCUT2D eigenvalue weighted by Gasteiger charge is 2.31. The Hall–Kier alpha value is -2.15. The van der Waals surface area contributed by atoms with Gasteiger partial charge >= 0.3 is 6.18 Å². The highest BCUT2D eigenvalue weighted by Crippen LogP contribution is 2.31. The fourth-order valence-corrected chi connectivity index (χ4v) is 3.67. The van der Waals surface area contributed by atoms with E-state index in [9.17, 15) is 17.6 Å². The molecule has 1 N–H and O–H groups in total. The van der Waals surface area contributed by atoms with Gasteiger partial charge in [-0.25, -0.2) is 4.39 Å². The van der Waals surface area contributed by atoms with E-state index in [1.807, 2.05) is 4.90 Å². The van der Waals surface area contributed by atoms with Crippen molar-refractivity contribution in [2.45, 2.75) is 44.4 Å². The molecule has 0 unspecified atom stereocenters. The lowest BCUT2D eigenvalue weighted by Crippen LogP contribution is -2.41. The fourth-order valence-electron chi connectivity index (χ4n) is 3.34. The molecule has 3 rings (SSSR count). The number of benzene rings is 2. The standard InChI is InChI=1S/C20H20F4N2S/c21-16-10-8-14(9-11-16)13-26(18-6-1-2-7-18)19(27)25-17-5-3-4-15(12-17)20(22,23)24/h3-5,8-12,18H,1-2,6-7,13H2,(H,25,27). The molecule has 1 aliphatic rings. The quantitative estimate of drug-likeness (QED) is 0.505. The molecule has 0 atom stereocenters. The van der Waals surface area contributed by atoms with Crippen LogP contribution in [0.4, 0.5) is 23.2 Å². The second kappa shape index (κ2) is 8.25. The molecular weight excluding hydrogens is 376 g/mol. The number of nitrogens with one attached hydrogen (secondary N) is 1. The molecule has 1 aliphatic carbocycles. The van der Waals surface area contributed by atoms with Crippen LogP contribution in [0.2, 0.25) is 0 Å². The van der Waals surface area contributed by atoms with Crippen molar-refractivity contribution >= 4 is 23.0 Å². The molecule has 0 heterocycles. The average molecular weight is 396 g/mol. The van der Waals surface area contributed by atoms with Crippen molar-refractivity contribution in [2.24, 2.45) is 0 Å². The molecule has 0 spiro atoms. The third kappa shape index (κ3) is 5.19. The molecule has 0 aromatic heterocycles. The Bertz CT molecular complexity index is 783. The van der Waals surface area contributed by atoms with Crippen molar-refractivity contribution in [2.75, 3.05) is 5.32 Å². The van der Waals surface area contributed by atoms with Crippen molar-refractivity contribution in [3.63, 3.8) is 0 Å². The second-order valence-electron chi connectivity index (χ2n) is 6.70. The molecule has 0 radical (unpaired) electrons. The summed E-state index contributed by atoms with van der Waals surface area (Å²) in [6, 6.07) is 11.4. The summed E-state index contributed by atoms with van der Waals surface area (Å²) in [5.41, 5.74) is 0.481. The van der Waals surface area contributed by atoms with Crippen molar-refractivity contribution in [3.05, 3.63) is 65.5 Å². The molecule has 0 amide bonds. The number of nitrogens with zero attached hydrogens (tertiary/aromatic N) is 1. The Balaban J connectivity index is 1.77. The van der Waals surface area contributed by atoms with E-state index in [1.165, 1.54) is 18.2 Å². The number of halogens is 4. The minimum Gasteiger partial charge on any atom is -0.342 e. The normalized spacial score (nSPS) is 15.0. The van der Waals surface area contributed by atoms with Crippen LogP contribution < -0.4 is 5.32 Å². The van der Waals surface area contributed by atoms with Gasteiger partial charge in [0.25, 0.3) is 0 Å². The summed E-state index contributed by atoms with van der Waals surface area (Å²) < 4.78 is 51.9. The monoisotopic (exact) mass is 396 g/mol. The van der Waals surface area contributed by atoms with Gasteiger partial charge in [0, 0.05) is 18.3 Å². The first kappa shape index (κ1) is 19.6. The predicted molar refractivity (Wildman–Crippen MR) is 102 cm³/mol. The first-order valence-electron chi connectivity index (χ1n) is 8.82. The Labute approximate surface area is 161 Å². The molecule has 2 aromatic rings. The number of hydrogen-bond donors (Lipinski definition) is 1. The number of hydrogen-bond acceptors (Lipinski definition) is 1. The van der Waals surface area contributed by atoms with Gasteiger partial charge in [0.1, 0.15) is 5.82 Å². The molecule has 1 saturated carbocycles. The summed E-state index contributed by atoms with van der Waals surface area (Å²) in [6.45, 7) is 0.482. The van der Waals surface area contributed by atoms with Crippen LogP contribution in [-0.2, 0) is 12.7 Å². The van der Waals surface area contributed by atoms with E-state index in [2.05, 4.69) is 5.32 Å². The minimum atomic E-state index is -4.40. The molecule has 0 bridgehead atoms. The molecule has 0 aliphatic heterocycles. The first-order chi connectivity index (χ1) is 12.8. The number of rotatable bonds is 4.